The van der Waals surface area contributed by atoms with Crippen molar-refractivity contribution in [1.82, 2.24) is 4.90 Å². The van der Waals surface area contributed by atoms with E-state index in [1.807, 2.05) is 25.1 Å². The summed E-state index contributed by atoms with van der Waals surface area (Å²) >= 11 is 0. The van der Waals surface area contributed by atoms with Crippen molar-refractivity contribution in [2.24, 2.45) is 11.3 Å². The van der Waals surface area contributed by atoms with Gasteiger partial charge in [0.1, 0.15) is 6.04 Å². The monoisotopic (exact) mass is 359 g/mol. The number of aryl methyl sites for hydroxylation is 1. The number of hydrogen-bond acceptors (Lipinski definition) is 3. The number of carbonyl (C=O) groups excluding carboxylic acids is 2. The van der Waals surface area contributed by atoms with Crippen LogP contribution in [0.3, 0.4) is 0 Å². The average Bonchev–Trinajstić information content (AvgIpc) is 3.05. The van der Waals surface area contributed by atoms with Gasteiger partial charge in [0, 0.05) is 12.0 Å². The number of rotatable bonds is 8. The van der Waals surface area contributed by atoms with Gasteiger partial charge in [0.05, 0.1) is 0 Å². The molecule has 1 N–H and O–H groups in total. The Hall–Kier alpha value is -2.17. The predicted octanol–water partition coefficient (Wildman–Crippen LogP) is 3.32. The van der Waals surface area contributed by atoms with E-state index in [0.717, 1.165) is 19.3 Å². The molecule has 0 aliphatic carbocycles. The Morgan fingerprint density at radius 3 is 2.42 bits per heavy atom. The molecule has 1 aromatic carbocycles. The van der Waals surface area contributed by atoms with E-state index >= 15 is 0 Å². The number of ketones is 1. The minimum absolute atomic E-state index is 0.0994. The molecule has 0 bridgehead atoms. The number of benzene rings is 1. The number of carbonyl (C=O) groups is 3. The van der Waals surface area contributed by atoms with Gasteiger partial charge < -0.3 is 10.0 Å². The molecule has 1 saturated heterocycles. The molecule has 1 fully saturated rings. The zero-order valence-electron chi connectivity index (χ0n) is 15.9. The summed E-state index contributed by atoms with van der Waals surface area (Å²) in [5.41, 5.74) is 0.469. The maximum Gasteiger partial charge on any atom is 0.326 e. The van der Waals surface area contributed by atoms with E-state index in [1.165, 1.54) is 10.5 Å². The fraction of sp³-hybridized carbons (Fsp3) is 0.571. The van der Waals surface area contributed by atoms with Crippen LogP contribution in [0.1, 0.15) is 52.0 Å². The van der Waals surface area contributed by atoms with Crippen molar-refractivity contribution in [3.63, 3.8) is 0 Å². The number of Topliss-reactive ketones (excluding diaryl/α,β-unsaturated/α-hetero) is 1. The summed E-state index contributed by atoms with van der Waals surface area (Å²) in [4.78, 5) is 38.2. The summed E-state index contributed by atoms with van der Waals surface area (Å²) < 4.78 is 0. The van der Waals surface area contributed by atoms with Crippen LogP contribution in [0.15, 0.2) is 30.3 Å². The Kier molecular flexibility index (Phi) is 6.57. The molecule has 0 radical (unpaired) electrons. The van der Waals surface area contributed by atoms with Gasteiger partial charge in [-0.2, -0.15) is 0 Å². The maximum absolute atomic E-state index is 12.6. The number of likely N-dealkylation sites (tertiary alicyclic amines) is 1. The fourth-order valence-corrected chi connectivity index (χ4v) is 3.51. The summed E-state index contributed by atoms with van der Waals surface area (Å²) in [5, 5.41) is 9.66. The van der Waals surface area contributed by atoms with Crippen LogP contribution in [0, 0.1) is 11.3 Å². The Balaban J connectivity index is 2.01. The first-order valence-corrected chi connectivity index (χ1v) is 9.40. The van der Waals surface area contributed by atoms with Gasteiger partial charge in [0.25, 0.3) is 5.91 Å². The van der Waals surface area contributed by atoms with Gasteiger partial charge in [0.2, 0.25) is 5.78 Å². The van der Waals surface area contributed by atoms with Crippen molar-refractivity contribution in [2.75, 3.05) is 6.54 Å². The van der Waals surface area contributed by atoms with Gasteiger partial charge in [-0.05, 0) is 43.6 Å². The summed E-state index contributed by atoms with van der Waals surface area (Å²) in [5.74, 6) is -2.24. The molecular formula is C21H29NO4. The number of carboxylic acid groups (broad SMARTS) is 1. The Bertz CT molecular complexity index is 653. The first kappa shape index (κ1) is 20.1. The van der Waals surface area contributed by atoms with Crippen LogP contribution in [-0.4, -0.2) is 40.3 Å². The Morgan fingerprint density at radius 2 is 1.85 bits per heavy atom. The summed E-state index contributed by atoms with van der Waals surface area (Å²) in [6, 6.07) is 9.18. The summed E-state index contributed by atoms with van der Waals surface area (Å²) in [6.07, 6.45) is 3.68. The molecule has 2 rings (SSSR count). The van der Waals surface area contributed by atoms with Crippen molar-refractivity contribution in [2.45, 2.75) is 58.9 Å². The lowest BCUT2D eigenvalue weighted by Crippen LogP contribution is -2.49. The molecule has 1 aliphatic rings. The summed E-state index contributed by atoms with van der Waals surface area (Å²) in [6.45, 7) is 5.67. The number of carboxylic acids is 1. The van der Waals surface area contributed by atoms with Gasteiger partial charge in [-0.3, -0.25) is 9.59 Å². The highest BCUT2D eigenvalue weighted by molar-refractivity contribution is 6.38. The number of hydrogen-bond donors (Lipinski definition) is 1. The van der Waals surface area contributed by atoms with E-state index in [1.54, 1.807) is 13.8 Å². The molecule has 2 unspecified atom stereocenters. The van der Waals surface area contributed by atoms with Crippen molar-refractivity contribution in [3.8, 4) is 0 Å². The highest BCUT2D eigenvalue weighted by atomic mass is 16.4. The third kappa shape index (κ3) is 4.51. The van der Waals surface area contributed by atoms with E-state index in [2.05, 4.69) is 12.1 Å². The zero-order valence-corrected chi connectivity index (χ0v) is 15.9. The average molecular weight is 359 g/mol. The normalized spacial score (nSPS) is 20.2. The van der Waals surface area contributed by atoms with E-state index in [-0.39, 0.29) is 5.92 Å². The first-order valence-electron chi connectivity index (χ1n) is 9.40. The predicted molar refractivity (Wildman–Crippen MR) is 99.7 cm³/mol. The lowest BCUT2D eigenvalue weighted by molar-refractivity contribution is -0.155. The molecule has 0 spiro atoms. The third-order valence-corrected chi connectivity index (χ3v) is 5.61. The SMILES string of the molecule is CCC(C)(C)C(=O)C(=O)N1CCC(CCCc2ccccc2)C1C(=O)O. The van der Waals surface area contributed by atoms with Crippen molar-refractivity contribution >= 4 is 17.7 Å². The molecule has 1 aliphatic heterocycles. The second-order valence-electron chi connectivity index (χ2n) is 7.77. The molecule has 1 aromatic rings. The van der Waals surface area contributed by atoms with Crippen molar-refractivity contribution in [1.29, 1.82) is 0 Å². The second kappa shape index (κ2) is 8.47. The molecule has 1 amide bonds. The largest absolute Gasteiger partial charge is 0.480 e. The molecule has 2 atom stereocenters. The van der Waals surface area contributed by atoms with E-state index < -0.39 is 29.1 Å². The quantitative estimate of drug-likeness (QED) is 0.723. The second-order valence-corrected chi connectivity index (χ2v) is 7.77. The molecule has 0 aromatic heterocycles. The topological polar surface area (TPSA) is 74.7 Å². The first-order chi connectivity index (χ1) is 12.3. The number of amides is 1. The van der Waals surface area contributed by atoms with Crippen molar-refractivity contribution < 1.29 is 19.5 Å². The van der Waals surface area contributed by atoms with Crippen molar-refractivity contribution in [3.05, 3.63) is 35.9 Å². The molecule has 142 valence electrons. The van der Waals surface area contributed by atoms with Crippen LogP contribution < -0.4 is 0 Å². The van der Waals surface area contributed by atoms with E-state index in [0.29, 0.717) is 19.4 Å². The molecule has 0 saturated carbocycles. The van der Waals surface area contributed by atoms with E-state index in [9.17, 15) is 19.5 Å². The minimum atomic E-state index is -1.01. The zero-order chi connectivity index (χ0) is 19.3. The highest BCUT2D eigenvalue weighted by Crippen LogP contribution is 2.31. The van der Waals surface area contributed by atoms with Gasteiger partial charge in [0.15, 0.2) is 0 Å². The highest BCUT2D eigenvalue weighted by Gasteiger charge is 2.45. The van der Waals surface area contributed by atoms with Gasteiger partial charge in [-0.15, -0.1) is 0 Å². The van der Waals surface area contributed by atoms with Crippen LogP contribution in [0.5, 0.6) is 0 Å². The van der Waals surface area contributed by atoms with Crippen LogP contribution in [-0.2, 0) is 20.8 Å². The third-order valence-electron chi connectivity index (χ3n) is 5.61. The number of nitrogens with zero attached hydrogens (tertiary/aromatic N) is 1. The summed E-state index contributed by atoms with van der Waals surface area (Å²) in [7, 11) is 0. The molecule has 1 heterocycles. The molecular weight excluding hydrogens is 330 g/mol. The van der Waals surface area contributed by atoms with Gasteiger partial charge >= 0.3 is 5.97 Å². The van der Waals surface area contributed by atoms with Gasteiger partial charge in [-0.25, -0.2) is 4.79 Å². The van der Waals surface area contributed by atoms with E-state index in [4.69, 9.17) is 0 Å². The van der Waals surface area contributed by atoms with Crippen LogP contribution in [0.4, 0.5) is 0 Å². The standard InChI is InChI=1S/C21H29NO4/c1-4-21(2,3)18(23)19(24)22-14-13-16(17(22)20(25)26)12-8-11-15-9-6-5-7-10-15/h5-7,9-10,16-17H,4,8,11-14H2,1-3H3,(H,25,26). The minimum Gasteiger partial charge on any atom is -0.480 e. The van der Waals surface area contributed by atoms with Crippen LogP contribution in [0.25, 0.3) is 0 Å². The lowest BCUT2D eigenvalue weighted by Gasteiger charge is -2.28. The molecule has 26 heavy (non-hydrogen) atoms. The Labute approximate surface area is 155 Å². The van der Waals surface area contributed by atoms with Crippen LogP contribution in [0.2, 0.25) is 0 Å². The van der Waals surface area contributed by atoms with Crippen LogP contribution >= 0.6 is 0 Å². The molecule has 5 nitrogen and oxygen atoms in total. The lowest BCUT2D eigenvalue weighted by atomic mass is 9.84. The molecule has 5 heteroatoms. The Morgan fingerprint density at radius 1 is 1.19 bits per heavy atom. The fourth-order valence-electron chi connectivity index (χ4n) is 3.51. The maximum atomic E-state index is 12.6. The number of aliphatic carboxylic acids is 1. The smallest absolute Gasteiger partial charge is 0.326 e. The van der Waals surface area contributed by atoms with Gasteiger partial charge in [-0.1, -0.05) is 51.1 Å².